The molecule has 0 aromatic carbocycles. The molecule has 2 rings (SSSR count). The topological polar surface area (TPSA) is 46.9 Å². The van der Waals surface area contributed by atoms with Gasteiger partial charge in [0.25, 0.3) is 5.56 Å². The number of hydrogen-bond donors (Lipinski definition) is 1. The summed E-state index contributed by atoms with van der Waals surface area (Å²) in [5.41, 5.74) is 0.550. The van der Waals surface area contributed by atoms with Crippen LogP contribution in [0, 0.1) is 12.3 Å². The van der Waals surface area contributed by atoms with Gasteiger partial charge in [0, 0.05) is 6.04 Å². The van der Waals surface area contributed by atoms with E-state index in [-0.39, 0.29) is 12.1 Å². The molecule has 0 bridgehead atoms. The molecule has 0 amide bonds. The third-order valence-electron chi connectivity index (χ3n) is 2.16. The Morgan fingerprint density at radius 1 is 1.73 bits per heavy atom. The van der Waals surface area contributed by atoms with Crippen molar-refractivity contribution in [1.82, 2.24) is 9.78 Å². The number of terminal acetylenes is 1. The fourth-order valence-electron chi connectivity index (χ4n) is 1.21. The van der Waals surface area contributed by atoms with Crippen molar-refractivity contribution in [1.29, 1.82) is 0 Å². The van der Waals surface area contributed by atoms with Gasteiger partial charge in [-0.05, 0) is 28.8 Å². The minimum atomic E-state index is -0.196. The van der Waals surface area contributed by atoms with E-state index < -0.39 is 0 Å². The van der Waals surface area contributed by atoms with Gasteiger partial charge in [-0.15, -0.1) is 6.42 Å². The van der Waals surface area contributed by atoms with E-state index in [4.69, 9.17) is 6.42 Å². The van der Waals surface area contributed by atoms with Crippen molar-refractivity contribution in [2.75, 3.05) is 5.32 Å². The Hall–Kier alpha value is -1.28. The van der Waals surface area contributed by atoms with Crippen molar-refractivity contribution in [3.8, 4) is 12.3 Å². The molecule has 15 heavy (non-hydrogen) atoms. The van der Waals surface area contributed by atoms with Crippen LogP contribution in [0.1, 0.15) is 12.8 Å². The molecule has 0 spiro atoms. The van der Waals surface area contributed by atoms with Gasteiger partial charge in [-0.25, -0.2) is 4.68 Å². The first-order chi connectivity index (χ1) is 7.22. The predicted molar refractivity (Wildman–Crippen MR) is 61.7 cm³/mol. The Bertz CT molecular complexity index is 471. The predicted octanol–water partition coefficient (Wildman–Crippen LogP) is 1.21. The molecule has 1 fully saturated rings. The summed E-state index contributed by atoms with van der Waals surface area (Å²) in [6.07, 6.45) is 9.06. The molecule has 0 atom stereocenters. The molecule has 1 N–H and O–H groups in total. The van der Waals surface area contributed by atoms with Crippen molar-refractivity contribution < 1.29 is 0 Å². The highest BCUT2D eigenvalue weighted by Gasteiger charge is 2.22. The van der Waals surface area contributed by atoms with Crippen LogP contribution in [0.25, 0.3) is 0 Å². The zero-order valence-corrected chi connectivity index (χ0v) is 9.62. The summed E-state index contributed by atoms with van der Waals surface area (Å²) in [5.74, 6) is 2.38. The second-order valence-electron chi connectivity index (χ2n) is 3.46. The number of rotatable bonds is 3. The first-order valence-electron chi connectivity index (χ1n) is 4.68. The highest BCUT2D eigenvalue weighted by atomic mass is 79.9. The lowest BCUT2D eigenvalue weighted by Gasteiger charge is -2.07. The summed E-state index contributed by atoms with van der Waals surface area (Å²) < 4.78 is 1.75. The molecule has 78 valence electrons. The van der Waals surface area contributed by atoms with Gasteiger partial charge in [0.15, 0.2) is 0 Å². The van der Waals surface area contributed by atoms with E-state index in [1.165, 1.54) is 4.68 Å². The Morgan fingerprint density at radius 3 is 3.07 bits per heavy atom. The monoisotopic (exact) mass is 267 g/mol. The molecule has 1 heterocycles. The molecule has 0 aliphatic heterocycles. The van der Waals surface area contributed by atoms with Crippen LogP contribution in [-0.4, -0.2) is 15.8 Å². The lowest BCUT2D eigenvalue weighted by Crippen LogP contribution is -2.24. The lowest BCUT2D eigenvalue weighted by molar-refractivity contribution is 0.659. The molecule has 1 aliphatic rings. The maximum atomic E-state index is 11.7. The average Bonchev–Trinajstić information content (AvgIpc) is 3.02. The Kier molecular flexibility index (Phi) is 2.78. The van der Waals surface area contributed by atoms with E-state index in [0.29, 0.717) is 10.5 Å². The molecule has 0 radical (unpaired) electrons. The van der Waals surface area contributed by atoms with Crippen molar-refractivity contribution >= 4 is 21.6 Å². The minimum Gasteiger partial charge on any atom is -0.380 e. The summed E-state index contributed by atoms with van der Waals surface area (Å²) in [7, 11) is 0. The SMILES string of the molecule is C#CCn1ncc(NC2CC2)c(Br)c1=O. The van der Waals surface area contributed by atoms with Crippen LogP contribution in [0.4, 0.5) is 5.69 Å². The number of halogens is 1. The number of aromatic nitrogens is 2. The maximum absolute atomic E-state index is 11.7. The number of anilines is 1. The third kappa shape index (κ3) is 2.21. The van der Waals surface area contributed by atoms with E-state index in [1.54, 1.807) is 6.20 Å². The quantitative estimate of drug-likeness (QED) is 0.838. The summed E-state index contributed by atoms with van der Waals surface area (Å²) in [4.78, 5) is 11.7. The molecule has 1 aromatic heterocycles. The van der Waals surface area contributed by atoms with Crippen LogP contribution < -0.4 is 10.9 Å². The van der Waals surface area contributed by atoms with Crippen LogP contribution in [0.2, 0.25) is 0 Å². The third-order valence-corrected chi connectivity index (χ3v) is 2.93. The molecule has 1 aliphatic carbocycles. The van der Waals surface area contributed by atoms with E-state index in [0.717, 1.165) is 18.5 Å². The Labute approximate surface area is 95.8 Å². The fourth-order valence-corrected chi connectivity index (χ4v) is 1.63. The van der Waals surface area contributed by atoms with Crippen molar-refractivity contribution in [3.63, 3.8) is 0 Å². The van der Waals surface area contributed by atoms with E-state index in [1.807, 2.05) is 0 Å². The second kappa shape index (κ2) is 4.07. The lowest BCUT2D eigenvalue weighted by atomic mass is 10.4. The average molecular weight is 268 g/mol. The fraction of sp³-hybridized carbons (Fsp3) is 0.400. The maximum Gasteiger partial charge on any atom is 0.284 e. The van der Waals surface area contributed by atoms with E-state index in [9.17, 15) is 4.79 Å². The van der Waals surface area contributed by atoms with Crippen LogP contribution in [-0.2, 0) is 6.54 Å². The van der Waals surface area contributed by atoms with Crippen molar-refractivity contribution in [3.05, 3.63) is 21.0 Å². The van der Waals surface area contributed by atoms with Crippen LogP contribution in [0.5, 0.6) is 0 Å². The molecular weight excluding hydrogens is 258 g/mol. The zero-order chi connectivity index (χ0) is 10.8. The van der Waals surface area contributed by atoms with Gasteiger partial charge in [-0.2, -0.15) is 5.10 Å². The smallest absolute Gasteiger partial charge is 0.284 e. The Balaban J connectivity index is 2.31. The normalized spacial score (nSPS) is 14.7. The molecule has 1 aromatic rings. The van der Waals surface area contributed by atoms with Crippen LogP contribution in [0.3, 0.4) is 0 Å². The summed E-state index contributed by atoms with van der Waals surface area (Å²) in [5, 5.41) is 7.20. The second-order valence-corrected chi connectivity index (χ2v) is 4.25. The summed E-state index contributed by atoms with van der Waals surface area (Å²) in [6.45, 7) is 0.196. The number of hydrogen-bond acceptors (Lipinski definition) is 3. The van der Waals surface area contributed by atoms with Crippen LogP contribution in [0.15, 0.2) is 15.5 Å². The van der Waals surface area contributed by atoms with Gasteiger partial charge in [-0.3, -0.25) is 4.79 Å². The highest BCUT2D eigenvalue weighted by Crippen LogP contribution is 2.26. The van der Waals surface area contributed by atoms with Crippen LogP contribution >= 0.6 is 15.9 Å². The summed E-state index contributed by atoms with van der Waals surface area (Å²) >= 11 is 3.25. The zero-order valence-electron chi connectivity index (χ0n) is 8.03. The van der Waals surface area contributed by atoms with E-state index in [2.05, 4.69) is 32.3 Å². The van der Waals surface area contributed by atoms with Crippen molar-refractivity contribution in [2.24, 2.45) is 0 Å². The van der Waals surface area contributed by atoms with Gasteiger partial charge >= 0.3 is 0 Å². The summed E-state index contributed by atoms with van der Waals surface area (Å²) in [6, 6.07) is 0.492. The number of nitrogens with one attached hydrogen (secondary N) is 1. The van der Waals surface area contributed by atoms with Crippen molar-refractivity contribution in [2.45, 2.75) is 25.4 Å². The van der Waals surface area contributed by atoms with Gasteiger partial charge in [0.05, 0.1) is 11.9 Å². The first kappa shape index (κ1) is 10.2. The van der Waals surface area contributed by atoms with E-state index >= 15 is 0 Å². The minimum absolute atomic E-state index is 0.196. The Morgan fingerprint density at radius 2 is 2.47 bits per heavy atom. The van der Waals surface area contributed by atoms with Gasteiger partial charge < -0.3 is 5.32 Å². The standard InChI is InChI=1S/C10H10BrN3O/c1-2-5-14-10(15)9(11)8(6-12-14)13-7-3-4-7/h1,6-7,13H,3-5H2. The van der Waals surface area contributed by atoms with Gasteiger partial charge in [0.1, 0.15) is 11.0 Å². The van der Waals surface area contributed by atoms with Gasteiger partial charge in [0.2, 0.25) is 0 Å². The molecule has 4 nitrogen and oxygen atoms in total. The molecule has 0 saturated heterocycles. The molecule has 5 heteroatoms. The molecule has 0 unspecified atom stereocenters. The first-order valence-corrected chi connectivity index (χ1v) is 5.47. The van der Waals surface area contributed by atoms with Gasteiger partial charge in [-0.1, -0.05) is 5.92 Å². The molecule has 1 saturated carbocycles. The molecular formula is C10H10BrN3O. The number of nitrogens with zero attached hydrogens (tertiary/aromatic N) is 2. The highest BCUT2D eigenvalue weighted by molar-refractivity contribution is 9.10. The largest absolute Gasteiger partial charge is 0.380 e.